The van der Waals surface area contributed by atoms with Crippen LogP contribution >= 0.6 is 0 Å². The second-order valence-electron chi connectivity index (χ2n) is 9.07. The van der Waals surface area contributed by atoms with Crippen LogP contribution in [0.4, 0.5) is 4.79 Å². The summed E-state index contributed by atoms with van der Waals surface area (Å²) < 4.78 is 20.5. The monoisotopic (exact) mass is 385 g/mol. The van der Waals surface area contributed by atoms with Crippen LogP contribution < -0.4 is 0 Å². The Hall–Kier alpha value is -1.13. The van der Waals surface area contributed by atoms with Gasteiger partial charge in [-0.25, -0.2) is 9.36 Å². The molecule has 4 heterocycles. The van der Waals surface area contributed by atoms with E-state index in [4.69, 9.17) is 14.2 Å². The van der Waals surface area contributed by atoms with Gasteiger partial charge in [-0.1, -0.05) is 0 Å². The van der Waals surface area contributed by atoms with Gasteiger partial charge in [0.15, 0.2) is 0 Å². The second kappa shape index (κ2) is 6.49. The first-order valence-corrected chi connectivity index (χ1v) is 10.5. The fourth-order valence-electron chi connectivity index (χ4n) is 3.30. The van der Waals surface area contributed by atoms with Gasteiger partial charge in [0, 0.05) is 0 Å². The molecular weight excluding hydrogens is 356 g/mol. The van der Waals surface area contributed by atoms with Gasteiger partial charge in [0.1, 0.15) is 23.9 Å². The number of fused-ring (bicyclic) bond motifs is 1. The molecule has 1 N–H and O–H groups in total. The largest absolute Gasteiger partial charge is 0.487 e. The van der Waals surface area contributed by atoms with E-state index < -0.39 is 45.9 Å². The fraction of sp³-hybridized carbons (Fsp3) is 0.824. The number of ether oxygens (including phenoxy) is 3. The quantitative estimate of drug-likeness (QED) is 0.541. The molecular formula is C17H29N2O6Si+. The highest BCUT2D eigenvalue weighted by atomic mass is 28.2. The van der Waals surface area contributed by atoms with Crippen molar-refractivity contribution in [2.24, 2.45) is 0 Å². The van der Waals surface area contributed by atoms with Crippen molar-refractivity contribution in [2.75, 3.05) is 6.61 Å². The summed E-state index contributed by atoms with van der Waals surface area (Å²) in [5.41, 5.74) is -1.04. The molecule has 2 bridgehead atoms. The van der Waals surface area contributed by atoms with E-state index in [0.717, 1.165) is 0 Å². The van der Waals surface area contributed by atoms with Crippen molar-refractivity contribution in [3.63, 3.8) is 0 Å². The van der Waals surface area contributed by atoms with Gasteiger partial charge in [0.2, 0.25) is 6.23 Å². The van der Waals surface area contributed by atoms with Crippen molar-refractivity contribution in [1.82, 2.24) is 4.57 Å². The van der Waals surface area contributed by atoms with Crippen LogP contribution in [0.2, 0.25) is 5.54 Å². The molecule has 0 saturated carbocycles. The lowest BCUT2D eigenvalue weighted by Gasteiger charge is -2.34. The maximum absolute atomic E-state index is 12.5. The van der Waals surface area contributed by atoms with Crippen molar-refractivity contribution in [3.05, 3.63) is 0 Å². The third-order valence-corrected chi connectivity index (χ3v) is 6.41. The minimum atomic E-state index is -1.03. The Balaban J connectivity index is 1.81. The number of urea groups is 1. The summed E-state index contributed by atoms with van der Waals surface area (Å²) in [7, 11) is -0.879. The minimum absolute atomic E-state index is 0.138. The average molecular weight is 386 g/mol. The van der Waals surface area contributed by atoms with Crippen molar-refractivity contribution in [3.8, 4) is 0 Å². The van der Waals surface area contributed by atoms with Crippen LogP contribution in [-0.2, 0) is 19.0 Å². The number of hydrogen-bond donors (Lipinski definition) is 1. The van der Waals surface area contributed by atoms with Crippen LogP contribution in [0.15, 0.2) is 0 Å². The summed E-state index contributed by atoms with van der Waals surface area (Å²) >= 11 is 0. The highest BCUT2D eigenvalue weighted by Gasteiger charge is 2.59. The Morgan fingerprint density at radius 3 is 2.38 bits per heavy atom. The van der Waals surface area contributed by atoms with Gasteiger partial charge in [-0.15, -0.1) is 0 Å². The van der Waals surface area contributed by atoms with E-state index in [1.807, 2.05) is 41.5 Å². The third-order valence-electron chi connectivity index (χ3n) is 4.51. The third kappa shape index (κ3) is 3.77. The molecule has 0 spiro atoms. The Labute approximate surface area is 156 Å². The summed E-state index contributed by atoms with van der Waals surface area (Å²) in [6.07, 6.45) is -1.44. The molecule has 9 heteroatoms. The maximum Gasteiger partial charge on any atom is 0.487 e. The molecule has 4 rings (SSSR count). The van der Waals surface area contributed by atoms with Crippen LogP contribution in [0.1, 0.15) is 41.5 Å². The highest BCUT2D eigenvalue weighted by Crippen LogP contribution is 2.33. The molecule has 5 atom stereocenters. The molecule has 0 aliphatic carbocycles. The predicted molar refractivity (Wildman–Crippen MR) is 95.9 cm³/mol. The SMILES string of the molecule is CC(C)(C)OC[C@H]1O[C@@H]([N+]2=CC3[SiH2]N(C3=O)C2=O)[C@@H](O)[C@@H]1OC(C)(C)C. The molecule has 8 nitrogen and oxygen atoms in total. The normalized spacial score (nSPS) is 35.7. The summed E-state index contributed by atoms with van der Waals surface area (Å²) in [5, 5.41) is 10.8. The molecule has 0 aromatic rings. The first kappa shape index (κ1) is 19.6. The molecule has 4 aliphatic heterocycles. The van der Waals surface area contributed by atoms with Gasteiger partial charge in [-0.3, -0.25) is 0 Å². The Kier molecular flexibility index (Phi) is 4.89. The van der Waals surface area contributed by atoms with Crippen molar-refractivity contribution in [1.29, 1.82) is 0 Å². The highest BCUT2D eigenvalue weighted by molar-refractivity contribution is 6.63. The van der Waals surface area contributed by atoms with Crippen molar-refractivity contribution in [2.45, 2.75) is 82.8 Å². The molecule has 2 saturated heterocycles. The van der Waals surface area contributed by atoms with Crippen molar-refractivity contribution < 1.29 is 33.5 Å². The second-order valence-corrected chi connectivity index (χ2v) is 10.9. The molecule has 4 aliphatic rings. The lowest BCUT2D eigenvalue weighted by Crippen LogP contribution is -2.65. The first-order valence-electron chi connectivity index (χ1n) is 9.01. The number of aliphatic hydroxyl groups excluding tert-OH is 1. The van der Waals surface area contributed by atoms with Gasteiger partial charge >= 0.3 is 11.9 Å². The number of carbonyl (C=O) groups is 2. The molecule has 0 aromatic carbocycles. The van der Waals surface area contributed by atoms with E-state index in [9.17, 15) is 14.7 Å². The maximum atomic E-state index is 12.5. The Bertz CT molecular complexity index is 638. The summed E-state index contributed by atoms with van der Waals surface area (Å²) in [5.74, 6) is -0.138. The molecule has 26 heavy (non-hydrogen) atoms. The van der Waals surface area contributed by atoms with E-state index in [-0.39, 0.29) is 23.7 Å². The van der Waals surface area contributed by atoms with Gasteiger partial charge in [0.05, 0.1) is 24.0 Å². The van der Waals surface area contributed by atoms with E-state index >= 15 is 0 Å². The fourth-order valence-corrected chi connectivity index (χ4v) is 4.77. The topological polar surface area (TPSA) is 88.3 Å². The lowest BCUT2D eigenvalue weighted by molar-refractivity contribution is -0.540. The number of imide groups is 1. The van der Waals surface area contributed by atoms with Gasteiger partial charge in [-0.2, -0.15) is 9.37 Å². The van der Waals surface area contributed by atoms with Crippen LogP contribution in [0.3, 0.4) is 0 Å². The van der Waals surface area contributed by atoms with Crippen LogP contribution in [0.5, 0.6) is 0 Å². The number of hydrogen-bond acceptors (Lipinski definition) is 6. The minimum Gasteiger partial charge on any atom is -0.383 e. The number of aliphatic hydroxyl groups is 1. The van der Waals surface area contributed by atoms with Crippen molar-refractivity contribution >= 4 is 27.8 Å². The van der Waals surface area contributed by atoms with E-state index in [2.05, 4.69) is 0 Å². The average Bonchev–Trinajstić information content (AvgIpc) is 2.79. The molecule has 0 aromatic heterocycles. The molecule has 146 valence electrons. The number of carbonyl (C=O) groups excluding carboxylic acids is 2. The van der Waals surface area contributed by atoms with Gasteiger partial charge < -0.3 is 19.3 Å². The number of nitrogens with zero attached hydrogens (tertiary/aromatic N) is 2. The van der Waals surface area contributed by atoms with E-state index in [1.165, 1.54) is 9.14 Å². The zero-order valence-corrected chi connectivity index (χ0v) is 17.7. The molecule has 0 radical (unpaired) electrons. The zero-order chi connectivity index (χ0) is 19.4. The van der Waals surface area contributed by atoms with E-state index in [1.54, 1.807) is 6.21 Å². The van der Waals surface area contributed by atoms with Crippen LogP contribution in [0, 0.1) is 0 Å². The molecule has 2 fully saturated rings. The Morgan fingerprint density at radius 2 is 1.88 bits per heavy atom. The summed E-state index contributed by atoms with van der Waals surface area (Å²) in [6, 6.07) is -0.403. The first-order chi connectivity index (χ1) is 11.9. The zero-order valence-electron chi connectivity index (χ0n) is 16.3. The molecule has 3 amide bonds. The van der Waals surface area contributed by atoms with Crippen LogP contribution in [0.25, 0.3) is 0 Å². The molecule has 1 unspecified atom stereocenters. The lowest BCUT2D eigenvalue weighted by atomic mass is 10.1. The number of amides is 3. The standard InChI is InChI=1S/C17H29N2O6Si/c1-16(2,3)23-8-9-12(25-17(4,5)6)11(20)14(24-9)18-7-10-13(21)19(26-10)15(18)22/h7,9-12,14,20H,8,26H2,1-6H3/q+1/t9-,10?,11+,12-,14-/m1/s1. The van der Waals surface area contributed by atoms with Crippen LogP contribution in [-0.4, -0.2) is 84.4 Å². The summed E-state index contributed by atoms with van der Waals surface area (Å²) in [6.45, 7) is 11.8. The number of rotatable bonds is 4. The summed E-state index contributed by atoms with van der Waals surface area (Å²) in [4.78, 5) is 24.3. The smallest absolute Gasteiger partial charge is 0.383 e. The Morgan fingerprint density at radius 1 is 1.23 bits per heavy atom. The predicted octanol–water partition coefficient (Wildman–Crippen LogP) is 0.00240. The van der Waals surface area contributed by atoms with Gasteiger partial charge in [-0.05, 0) is 41.5 Å². The van der Waals surface area contributed by atoms with E-state index in [0.29, 0.717) is 0 Å². The van der Waals surface area contributed by atoms with Gasteiger partial charge in [0.25, 0.3) is 9.68 Å².